The smallest absolute Gasteiger partial charge is 0.263 e. The molecule has 3 heterocycles. The minimum atomic E-state index is 0.196. The maximum Gasteiger partial charge on any atom is 0.263 e. The maximum atomic E-state index is 12.8. The van der Waals surface area contributed by atoms with E-state index in [-0.39, 0.29) is 11.8 Å². The predicted molar refractivity (Wildman–Crippen MR) is 92.4 cm³/mol. The standard InChI is InChI=1S/C18H23N3O2S/c1-11-3-4-15-14(9-11)10-16(24-15)18(22)21-7-5-13(6-8-21)17-19-12(2)20-23-17/h10-11,13H,3-9H2,1-2H3/t11-/m0/s1. The molecule has 0 unspecified atom stereocenters. The van der Waals surface area contributed by atoms with Gasteiger partial charge in [0.1, 0.15) is 0 Å². The Labute approximate surface area is 146 Å². The van der Waals surface area contributed by atoms with E-state index in [0.717, 1.165) is 55.5 Å². The lowest BCUT2D eigenvalue weighted by atomic mass is 9.90. The lowest BCUT2D eigenvalue weighted by Crippen LogP contribution is -2.37. The van der Waals surface area contributed by atoms with Crippen molar-refractivity contribution in [3.05, 3.63) is 33.1 Å². The molecule has 6 heteroatoms. The topological polar surface area (TPSA) is 59.2 Å². The van der Waals surface area contributed by atoms with Gasteiger partial charge in [-0.05, 0) is 56.6 Å². The Morgan fingerprint density at radius 3 is 2.83 bits per heavy atom. The van der Waals surface area contributed by atoms with Gasteiger partial charge in [-0.1, -0.05) is 12.1 Å². The van der Waals surface area contributed by atoms with Crippen LogP contribution in [0.1, 0.15) is 63.9 Å². The molecular weight excluding hydrogens is 322 g/mol. The highest BCUT2D eigenvalue weighted by atomic mass is 32.1. The number of likely N-dealkylation sites (tertiary alicyclic amines) is 1. The van der Waals surface area contributed by atoms with Crippen molar-refractivity contribution in [2.24, 2.45) is 5.92 Å². The number of aryl methyl sites for hydroxylation is 2. The summed E-state index contributed by atoms with van der Waals surface area (Å²) >= 11 is 1.71. The Balaban J connectivity index is 1.41. The van der Waals surface area contributed by atoms with E-state index in [0.29, 0.717) is 5.82 Å². The first-order valence-corrected chi connectivity index (χ1v) is 9.63. The van der Waals surface area contributed by atoms with Crippen molar-refractivity contribution >= 4 is 17.2 Å². The fourth-order valence-electron chi connectivity index (χ4n) is 3.78. The Bertz CT molecular complexity index is 743. The molecule has 2 aliphatic rings. The first kappa shape index (κ1) is 15.8. The molecule has 0 N–H and O–H groups in total. The molecule has 1 saturated heterocycles. The van der Waals surface area contributed by atoms with Crippen molar-refractivity contribution < 1.29 is 9.32 Å². The average Bonchev–Trinajstić information content (AvgIpc) is 3.20. The van der Waals surface area contributed by atoms with E-state index in [1.54, 1.807) is 11.3 Å². The lowest BCUT2D eigenvalue weighted by molar-refractivity contribution is 0.0709. The number of carbonyl (C=O) groups excluding carboxylic acids is 1. The molecular formula is C18H23N3O2S. The van der Waals surface area contributed by atoms with Crippen LogP contribution in [0.25, 0.3) is 0 Å². The van der Waals surface area contributed by atoms with Crippen molar-refractivity contribution in [1.29, 1.82) is 0 Å². The number of hydrogen-bond donors (Lipinski definition) is 0. The summed E-state index contributed by atoms with van der Waals surface area (Å²) < 4.78 is 5.29. The van der Waals surface area contributed by atoms with Crippen LogP contribution in [0.4, 0.5) is 0 Å². The van der Waals surface area contributed by atoms with Gasteiger partial charge < -0.3 is 9.42 Å². The molecule has 1 aliphatic carbocycles. The molecule has 5 nitrogen and oxygen atoms in total. The van der Waals surface area contributed by atoms with E-state index in [1.807, 2.05) is 11.8 Å². The number of thiophene rings is 1. The fraction of sp³-hybridized carbons (Fsp3) is 0.611. The number of fused-ring (bicyclic) bond motifs is 1. The van der Waals surface area contributed by atoms with E-state index in [9.17, 15) is 4.79 Å². The highest BCUT2D eigenvalue weighted by Gasteiger charge is 2.29. The quantitative estimate of drug-likeness (QED) is 0.835. The van der Waals surface area contributed by atoms with Gasteiger partial charge in [-0.25, -0.2) is 0 Å². The molecule has 0 aromatic carbocycles. The summed E-state index contributed by atoms with van der Waals surface area (Å²) in [6.45, 7) is 5.67. The summed E-state index contributed by atoms with van der Waals surface area (Å²) in [5.74, 6) is 2.63. The summed E-state index contributed by atoms with van der Waals surface area (Å²) in [5, 5.41) is 3.87. The molecule has 2 aromatic rings. The zero-order valence-electron chi connectivity index (χ0n) is 14.2. The van der Waals surface area contributed by atoms with Crippen LogP contribution in [0.3, 0.4) is 0 Å². The summed E-state index contributed by atoms with van der Waals surface area (Å²) in [4.78, 5) is 21.5. The minimum Gasteiger partial charge on any atom is -0.339 e. The molecule has 0 saturated carbocycles. The first-order chi connectivity index (χ1) is 11.6. The van der Waals surface area contributed by atoms with Crippen molar-refractivity contribution in [2.75, 3.05) is 13.1 Å². The van der Waals surface area contributed by atoms with E-state index in [4.69, 9.17) is 4.52 Å². The van der Waals surface area contributed by atoms with Gasteiger partial charge in [0, 0.05) is 23.9 Å². The van der Waals surface area contributed by atoms with Gasteiger partial charge >= 0.3 is 0 Å². The molecule has 0 spiro atoms. The van der Waals surface area contributed by atoms with Crippen LogP contribution < -0.4 is 0 Å². The van der Waals surface area contributed by atoms with E-state index in [1.165, 1.54) is 16.9 Å². The zero-order chi connectivity index (χ0) is 16.7. The number of hydrogen-bond acceptors (Lipinski definition) is 5. The Morgan fingerprint density at radius 2 is 2.12 bits per heavy atom. The summed E-state index contributed by atoms with van der Waals surface area (Å²) in [5.41, 5.74) is 1.40. The predicted octanol–water partition coefficient (Wildman–Crippen LogP) is 3.58. The normalized spacial score (nSPS) is 21.8. The SMILES string of the molecule is Cc1noc(C2CCN(C(=O)c3cc4c(s3)CC[C@H](C)C4)CC2)n1. The molecule has 1 atom stereocenters. The van der Waals surface area contributed by atoms with Gasteiger partial charge in [-0.15, -0.1) is 11.3 Å². The van der Waals surface area contributed by atoms with Gasteiger partial charge in [0.05, 0.1) is 4.88 Å². The van der Waals surface area contributed by atoms with Gasteiger partial charge in [0.25, 0.3) is 5.91 Å². The van der Waals surface area contributed by atoms with Gasteiger partial charge in [-0.2, -0.15) is 4.98 Å². The number of aromatic nitrogens is 2. The summed E-state index contributed by atoms with van der Waals surface area (Å²) in [7, 11) is 0. The van der Waals surface area contributed by atoms with Crippen LogP contribution in [-0.4, -0.2) is 34.0 Å². The molecule has 4 rings (SSSR count). The summed E-state index contributed by atoms with van der Waals surface area (Å²) in [6, 6.07) is 2.14. The Kier molecular flexibility index (Phi) is 4.16. The second kappa shape index (κ2) is 6.31. The van der Waals surface area contributed by atoms with Crippen LogP contribution in [0.2, 0.25) is 0 Å². The Hall–Kier alpha value is -1.69. The third-order valence-electron chi connectivity index (χ3n) is 5.21. The van der Waals surface area contributed by atoms with Gasteiger partial charge in [0.2, 0.25) is 5.89 Å². The van der Waals surface area contributed by atoms with Gasteiger partial charge in [-0.3, -0.25) is 4.79 Å². The molecule has 1 amide bonds. The molecule has 1 aliphatic heterocycles. The maximum absolute atomic E-state index is 12.8. The largest absolute Gasteiger partial charge is 0.339 e. The second-order valence-electron chi connectivity index (χ2n) is 7.15. The molecule has 2 aromatic heterocycles. The molecule has 24 heavy (non-hydrogen) atoms. The van der Waals surface area contributed by atoms with Crippen molar-refractivity contribution in [2.45, 2.75) is 51.9 Å². The summed E-state index contributed by atoms with van der Waals surface area (Å²) in [6.07, 6.45) is 5.30. The van der Waals surface area contributed by atoms with Crippen molar-refractivity contribution in [3.63, 3.8) is 0 Å². The lowest BCUT2D eigenvalue weighted by Gasteiger charge is -2.30. The third-order valence-corrected chi connectivity index (χ3v) is 6.44. The van der Waals surface area contributed by atoms with Crippen LogP contribution in [-0.2, 0) is 12.8 Å². The molecule has 0 bridgehead atoms. The number of amides is 1. The van der Waals surface area contributed by atoms with Crippen LogP contribution >= 0.6 is 11.3 Å². The number of carbonyl (C=O) groups is 1. The average molecular weight is 345 g/mol. The monoisotopic (exact) mass is 345 g/mol. The molecule has 128 valence electrons. The highest BCUT2D eigenvalue weighted by molar-refractivity contribution is 7.14. The Morgan fingerprint density at radius 1 is 1.33 bits per heavy atom. The van der Waals surface area contributed by atoms with Crippen LogP contribution in [0, 0.1) is 12.8 Å². The fourth-order valence-corrected chi connectivity index (χ4v) is 4.95. The number of piperidine rings is 1. The van der Waals surface area contributed by atoms with E-state index >= 15 is 0 Å². The van der Waals surface area contributed by atoms with E-state index < -0.39 is 0 Å². The number of rotatable bonds is 2. The van der Waals surface area contributed by atoms with Gasteiger partial charge in [0.15, 0.2) is 5.82 Å². The van der Waals surface area contributed by atoms with Crippen molar-refractivity contribution in [1.82, 2.24) is 15.0 Å². The third kappa shape index (κ3) is 2.99. The zero-order valence-corrected chi connectivity index (χ0v) is 15.1. The van der Waals surface area contributed by atoms with Crippen molar-refractivity contribution in [3.8, 4) is 0 Å². The molecule has 1 fully saturated rings. The van der Waals surface area contributed by atoms with Crippen LogP contribution in [0.5, 0.6) is 0 Å². The highest BCUT2D eigenvalue weighted by Crippen LogP contribution is 2.34. The van der Waals surface area contributed by atoms with Crippen LogP contribution in [0.15, 0.2) is 10.6 Å². The number of nitrogens with zero attached hydrogens (tertiary/aromatic N) is 3. The van der Waals surface area contributed by atoms with E-state index in [2.05, 4.69) is 23.1 Å². The first-order valence-electron chi connectivity index (χ1n) is 8.81. The minimum absolute atomic E-state index is 0.196. The molecule has 0 radical (unpaired) electrons. The second-order valence-corrected chi connectivity index (χ2v) is 8.29.